The van der Waals surface area contributed by atoms with Crippen molar-refractivity contribution in [3.05, 3.63) is 34.9 Å². The van der Waals surface area contributed by atoms with Crippen molar-refractivity contribution in [2.75, 3.05) is 5.75 Å². The van der Waals surface area contributed by atoms with Crippen LogP contribution in [-0.2, 0) is 4.79 Å². The molecule has 1 amide bonds. The quantitative estimate of drug-likeness (QED) is 0.779. The van der Waals surface area contributed by atoms with Gasteiger partial charge >= 0.3 is 0 Å². The second-order valence-electron chi connectivity index (χ2n) is 4.66. The van der Waals surface area contributed by atoms with Crippen LogP contribution in [0.15, 0.2) is 44.6 Å². The van der Waals surface area contributed by atoms with Crippen LogP contribution in [0.5, 0.6) is 0 Å². The van der Waals surface area contributed by atoms with Crippen LogP contribution >= 0.6 is 27.7 Å². The summed E-state index contributed by atoms with van der Waals surface area (Å²) in [7, 11) is 0. The molecule has 1 heterocycles. The van der Waals surface area contributed by atoms with E-state index in [1.165, 1.54) is 11.8 Å². The Morgan fingerprint density at radius 2 is 2.14 bits per heavy atom. The second-order valence-corrected chi connectivity index (χ2v) is 6.51. The third-order valence-electron chi connectivity index (χ3n) is 2.96. The first-order valence-electron chi connectivity index (χ1n) is 6.72. The lowest BCUT2D eigenvalue weighted by Crippen LogP contribution is -2.33. The molecule has 0 saturated carbocycles. The highest BCUT2D eigenvalue weighted by atomic mass is 79.9. The minimum Gasteiger partial charge on any atom is -0.431 e. The highest BCUT2D eigenvalue weighted by Gasteiger charge is 2.10. The summed E-state index contributed by atoms with van der Waals surface area (Å²) in [4.78, 5) is 15.9. The zero-order chi connectivity index (χ0) is 15.2. The molecular weight excluding hydrogens is 352 g/mol. The van der Waals surface area contributed by atoms with Gasteiger partial charge in [-0.3, -0.25) is 4.79 Å². The molecule has 0 unspecified atom stereocenters. The number of thioether (sulfide) groups is 1. The maximum Gasteiger partial charge on any atom is 0.256 e. The minimum atomic E-state index is -0.00209. The summed E-state index contributed by atoms with van der Waals surface area (Å²) in [5.74, 6) is 1.01. The van der Waals surface area contributed by atoms with E-state index in [0.717, 1.165) is 16.5 Å². The number of benzene rings is 1. The van der Waals surface area contributed by atoms with E-state index in [1.807, 2.05) is 38.1 Å². The standard InChI is InChI=1S/C15H17BrN2O2S/c1-3-10(2)18-14(19)9-21-15-17-8-13(20-15)11-4-6-12(16)7-5-11/h4-8,10H,3,9H2,1-2H3,(H,18,19)/t10-/m1/s1. The third kappa shape index (κ3) is 4.89. The maximum absolute atomic E-state index is 11.7. The molecule has 2 aromatic rings. The number of carbonyl (C=O) groups excluding carboxylic acids is 1. The van der Waals surface area contributed by atoms with Crippen molar-refractivity contribution >= 4 is 33.6 Å². The molecule has 1 aromatic heterocycles. The molecule has 0 bridgehead atoms. The fourth-order valence-corrected chi connectivity index (χ4v) is 2.50. The highest BCUT2D eigenvalue weighted by Crippen LogP contribution is 2.26. The van der Waals surface area contributed by atoms with E-state index in [0.29, 0.717) is 16.7 Å². The van der Waals surface area contributed by atoms with E-state index < -0.39 is 0 Å². The van der Waals surface area contributed by atoms with Gasteiger partial charge in [-0.1, -0.05) is 46.7 Å². The number of rotatable bonds is 6. The molecular formula is C15H17BrN2O2S. The lowest BCUT2D eigenvalue weighted by molar-refractivity contribution is -0.119. The first-order valence-corrected chi connectivity index (χ1v) is 8.50. The molecule has 112 valence electrons. The van der Waals surface area contributed by atoms with E-state index in [-0.39, 0.29) is 11.9 Å². The van der Waals surface area contributed by atoms with Crippen LogP contribution in [0.2, 0.25) is 0 Å². The number of hydrogen-bond donors (Lipinski definition) is 1. The largest absolute Gasteiger partial charge is 0.431 e. The number of halogens is 1. The molecule has 0 radical (unpaired) electrons. The third-order valence-corrected chi connectivity index (χ3v) is 4.33. The van der Waals surface area contributed by atoms with E-state index in [2.05, 4.69) is 26.2 Å². The molecule has 0 aliphatic carbocycles. The Morgan fingerprint density at radius 3 is 2.81 bits per heavy atom. The van der Waals surface area contributed by atoms with Gasteiger partial charge in [0.1, 0.15) is 0 Å². The molecule has 0 fully saturated rings. The second kappa shape index (κ2) is 7.66. The molecule has 0 spiro atoms. The summed E-state index contributed by atoms with van der Waals surface area (Å²) in [5, 5.41) is 3.42. The number of hydrogen-bond acceptors (Lipinski definition) is 4. The fraction of sp³-hybridized carbons (Fsp3) is 0.333. The van der Waals surface area contributed by atoms with Crippen LogP contribution < -0.4 is 5.32 Å². The zero-order valence-corrected chi connectivity index (χ0v) is 14.3. The Hall–Kier alpha value is -1.27. The Morgan fingerprint density at radius 1 is 1.43 bits per heavy atom. The summed E-state index contributed by atoms with van der Waals surface area (Å²) >= 11 is 4.70. The van der Waals surface area contributed by atoms with Gasteiger partial charge in [0.25, 0.3) is 5.22 Å². The van der Waals surface area contributed by atoms with Gasteiger partial charge in [-0.25, -0.2) is 4.98 Å². The summed E-state index contributed by atoms with van der Waals surface area (Å²) in [6.07, 6.45) is 2.60. The predicted molar refractivity (Wildman–Crippen MR) is 88.3 cm³/mol. The average molecular weight is 369 g/mol. The number of nitrogens with one attached hydrogen (secondary N) is 1. The summed E-state index contributed by atoms with van der Waals surface area (Å²) in [6, 6.07) is 8.00. The normalized spacial score (nSPS) is 12.1. The number of oxazole rings is 1. The SMILES string of the molecule is CC[C@@H](C)NC(=O)CSc1ncc(-c2ccc(Br)cc2)o1. The molecule has 0 aliphatic heterocycles. The van der Waals surface area contributed by atoms with E-state index in [1.54, 1.807) is 6.20 Å². The fourth-order valence-electron chi connectivity index (χ4n) is 1.62. The monoisotopic (exact) mass is 368 g/mol. The van der Waals surface area contributed by atoms with Crippen LogP contribution in [0, 0.1) is 0 Å². The van der Waals surface area contributed by atoms with E-state index >= 15 is 0 Å². The van der Waals surface area contributed by atoms with Crippen molar-refractivity contribution in [3.63, 3.8) is 0 Å². The van der Waals surface area contributed by atoms with Gasteiger partial charge in [-0.2, -0.15) is 0 Å². The average Bonchev–Trinajstić information content (AvgIpc) is 2.94. The predicted octanol–water partition coefficient (Wildman–Crippen LogP) is 4.11. The van der Waals surface area contributed by atoms with Crippen molar-refractivity contribution in [3.8, 4) is 11.3 Å². The van der Waals surface area contributed by atoms with Crippen molar-refractivity contribution in [1.29, 1.82) is 0 Å². The Labute approximate surface area is 136 Å². The minimum absolute atomic E-state index is 0.00209. The Bertz CT molecular complexity index is 598. The number of aromatic nitrogens is 1. The van der Waals surface area contributed by atoms with Gasteiger partial charge in [0.05, 0.1) is 11.9 Å². The van der Waals surface area contributed by atoms with Crippen LogP contribution in [0.3, 0.4) is 0 Å². The van der Waals surface area contributed by atoms with Gasteiger partial charge in [0, 0.05) is 16.1 Å². The first kappa shape index (κ1) is 16.1. The lowest BCUT2D eigenvalue weighted by Gasteiger charge is -2.09. The number of carbonyl (C=O) groups is 1. The Kier molecular flexibility index (Phi) is 5.87. The van der Waals surface area contributed by atoms with Crippen LogP contribution in [0.1, 0.15) is 20.3 Å². The summed E-state index contributed by atoms with van der Waals surface area (Å²) in [6.45, 7) is 4.02. The van der Waals surface area contributed by atoms with Crippen molar-refractivity contribution in [2.24, 2.45) is 0 Å². The zero-order valence-electron chi connectivity index (χ0n) is 11.9. The number of amides is 1. The van der Waals surface area contributed by atoms with Crippen LogP contribution in [0.25, 0.3) is 11.3 Å². The molecule has 4 nitrogen and oxygen atoms in total. The lowest BCUT2D eigenvalue weighted by atomic mass is 10.2. The molecule has 21 heavy (non-hydrogen) atoms. The molecule has 1 aromatic carbocycles. The molecule has 1 atom stereocenters. The van der Waals surface area contributed by atoms with Crippen LogP contribution in [0.4, 0.5) is 0 Å². The van der Waals surface area contributed by atoms with Gasteiger partial charge in [0.15, 0.2) is 5.76 Å². The van der Waals surface area contributed by atoms with Crippen molar-refractivity contribution in [1.82, 2.24) is 10.3 Å². The maximum atomic E-state index is 11.7. The van der Waals surface area contributed by atoms with Crippen LogP contribution in [-0.4, -0.2) is 22.7 Å². The topological polar surface area (TPSA) is 55.1 Å². The smallest absolute Gasteiger partial charge is 0.256 e. The molecule has 0 saturated heterocycles. The van der Waals surface area contributed by atoms with E-state index in [4.69, 9.17) is 4.42 Å². The first-order chi connectivity index (χ1) is 10.1. The highest BCUT2D eigenvalue weighted by molar-refractivity contribution is 9.10. The van der Waals surface area contributed by atoms with Gasteiger partial charge in [-0.05, 0) is 25.5 Å². The summed E-state index contributed by atoms with van der Waals surface area (Å²) in [5.41, 5.74) is 0.960. The van der Waals surface area contributed by atoms with E-state index in [9.17, 15) is 4.79 Å². The number of nitrogens with zero attached hydrogens (tertiary/aromatic N) is 1. The van der Waals surface area contributed by atoms with Gasteiger partial charge in [0.2, 0.25) is 5.91 Å². The molecule has 0 aliphatic rings. The molecule has 2 rings (SSSR count). The Balaban J connectivity index is 1.91. The summed E-state index contributed by atoms with van der Waals surface area (Å²) < 4.78 is 6.66. The molecule has 6 heteroatoms. The van der Waals surface area contributed by atoms with Crippen molar-refractivity contribution in [2.45, 2.75) is 31.5 Å². The van der Waals surface area contributed by atoms with Crippen molar-refractivity contribution < 1.29 is 9.21 Å². The molecule has 1 N–H and O–H groups in total. The van der Waals surface area contributed by atoms with Gasteiger partial charge in [-0.15, -0.1) is 0 Å². The van der Waals surface area contributed by atoms with Gasteiger partial charge < -0.3 is 9.73 Å².